The molecule has 7 heteroatoms. The fourth-order valence-electron chi connectivity index (χ4n) is 4.23. The van der Waals surface area contributed by atoms with E-state index in [-0.39, 0.29) is 40.8 Å². The van der Waals surface area contributed by atoms with Crippen LogP contribution in [0.4, 0.5) is 10.5 Å². The molecule has 2 atom stereocenters. The number of pyridine rings is 1. The minimum absolute atomic E-state index is 0.00337. The zero-order valence-electron chi connectivity index (χ0n) is 17.5. The summed E-state index contributed by atoms with van der Waals surface area (Å²) in [6.07, 6.45) is 1.53. The Balaban J connectivity index is 1.78. The van der Waals surface area contributed by atoms with E-state index in [0.29, 0.717) is 31.7 Å². The molecule has 2 N–H and O–H groups in total. The maximum atomic E-state index is 12.9. The van der Waals surface area contributed by atoms with E-state index in [2.05, 4.69) is 31.4 Å². The molecule has 3 amide bonds. The highest BCUT2D eigenvalue weighted by Crippen LogP contribution is 2.36. The number of carbonyl (C=O) groups excluding carboxylic acids is 2. The van der Waals surface area contributed by atoms with Crippen molar-refractivity contribution in [1.29, 1.82) is 0 Å². The van der Waals surface area contributed by atoms with Crippen LogP contribution < -0.4 is 16.2 Å². The number of anilines is 1. The van der Waals surface area contributed by atoms with E-state index in [4.69, 9.17) is 0 Å². The van der Waals surface area contributed by atoms with E-state index in [1.165, 1.54) is 0 Å². The number of fused-ring (bicyclic) bond motifs is 4. The molecule has 154 valence electrons. The molecule has 0 unspecified atom stereocenters. The first-order valence-corrected chi connectivity index (χ1v) is 10.1. The van der Waals surface area contributed by atoms with Gasteiger partial charge in [0.15, 0.2) is 0 Å². The lowest BCUT2D eigenvalue weighted by atomic mass is 9.82. The molecule has 0 spiro atoms. The van der Waals surface area contributed by atoms with Gasteiger partial charge >= 0.3 is 6.03 Å². The minimum atomic E-state index is -0.373. The molecule has 0 aromatic carbocycles. The number of urea groups is 1. The Morgan fingerprint density at radius 3 is 2.54 bits per heavy atom. The van der Waals surface area contributed by atoms with Gasteiger partial charge in [-0.2, -0.15) is 0 Å². The molecule has 28 heavy (non-hydrogen) atoms. The van der Waals surface area contributed by atoms with E-state index in [9.17, 15) is 14.4 Å². The lowest BCUT2D eigenvalue weighted by Gasteiger charge is -2.43. The molecule has 0 radical (unpaired) electrons. The van der Waals surface area contributed by atoms with Crippen LogP contribution in [0.3, 0.4) is 0 Å². The third-order valence-electron chi connectivity index (χ3n) is 5.31. The fourth-order valence-corrected chi connectivity index (χ4v) is 4.23. The zero-order chi connectivity index (χ0) is 20.6. The summed E-state index contributed by atoms with van der Waals surface area (Å²) in [5, 5.41) is 5.40. The molecule has 1 saturated heterocycles. The smallest absolute Gasteiger partial charge is 0.319 e. The van der Waals surface area contributed by atoms with Crippen molar-refractivity contribution < 1.29 is 9.59 Å². The Kier molecular flexibility index (Phi) is 5.55. The van der Waals surface area contributed by atoms with Gasteiger partial charge in [0.25, 0.3) is 5.56 Å². The Hall–Kier alpha value is -2.31. The molecule has 3 heterocycles. The summed E-state index contributed by atoms with van der Waals surface area (Å²) in [5.41, 5.74) is 1.06. The first-order chi connectivity index (χ1) is 13.0. The van der Waals surface area contributed by atoms with Gasteiger partial charge in [0.05, 0.1) is 0 Å². The highest BCUT2D eigenvalue weighted by Gasteiger charge is 2.37. The van der Waals surface area contributed by atoms with Gasteiger partial charge in [0, 0.05) is 43.7 Å². The van der Waals surface area contributed by atoms with Gasteiger partial charge in [-0.3, -0.25) is 9.59 Å². The van der Waals surface area contributed by atoms with Crippen LogP contribution in [0.25, 0.3) is 0 Å². The maximum absolute atomic E-state index is 12.9. The summed E-state index contributed by atoms with van der Waals surface area (Å²) < 4.78 is 1.79. The summed E-state index contributed by atoms with van der Waals surface area (Å²) in [6.45, 7) is 11.9. The van der Waals surface area contributed by atoms with Crippen LogP contribution in [0.2, 0.25) is 0 Å². The number of amides is 3. The van der Waals surface area contributed by atoms with Gasteiger partial charge in [0.1, 0.15) is 5.69 Å². The van der Waals surface area contributed by atoms with Crippen LogP contribution in [0.1, 0.15) is 59.1 Å². The third-order valence-corrected chi connectivity index (χ3v) is 5.31. The molecule has 0 saturated carbocycles. The highest BCUT2D eigenvalue weighted by molar-refractivity contribution is 5.89. The molecule has 1 aromatic heterocycles. The van der Waals surface area contributed by atoms with Crippen molar-refractivity contribution in [3.63, 3.8) is 0 Å². The molecule has 1 fully saturated rings. The van der Waals surface area contributed by atoms with E-state index in [1.54, 1.807) is 10.6 Å². The second-order valence-corrected chi connectivity index (χ2v) is 9.68. The molecule has 2 bridgehead atoms. The normalized spacial score (nSPS) is 21.3. The summed E-state index contributed by atoms with van der Waals surface area (Å²) in [6, 6.07) is 3.23. The van der Waals surface area contributed by atoms with Crippen molar-refractivity contribution in [1.82, 2.24) is 14.8 Å². The first-order valence-electron chi connectivity index (χ1n) is 10.1. The van der Waals surface area contributed by atoms with Crippen LogP contribution in [0.15, 0.2) is 16.9 Å². The molecule has 0 aliphatic carbocycles. The first kappa shape index (κ1) is 20.4. The van der Waals surface area contributed by atoms with E-state index in [0.717, 1.165) is 12.1 Å². The number of aromatic nitrogens is 1. The van der Waals surface area contributed by atoms with Crippen molar-refractivity contribution in [2.75, 3.05) is 18.4 Å². The largest absolute Gasteiger partial charge is 0.342 e. The summed E-state index contributed by atoms with van der Waals surface area (Å²) in [5.74, 6) is 0.636. The predicted octanol–water partition coefficient (Wildman–Crippen LogP) is 2.76. The van der Waals surface area contributed by atoms with Gasteiger partial charge in [0.2, 0.25) is 5.91 Å². The second-order valence-electron chi connectivity index (χ2n) is 9.68. The Morgan fingerprint density at radius 2 is 1.89 bits per heavy atom. The number of hydrogen-bond donors (Lipinski definition) is 2. The van der Waals surface area contributed by atoms with Gasteiger partial charge in [-0.15, -0.1) is 0 Å². The molecule has 2 aliphatic rings. The lowest BCUT2D eigenvalue weighted by molar-refractivity contribution is -0.135. The Morgan fingerprint density at radius 1 is 1.18 bits per heavy atom. The minimum Gasteiger partial charge on any atom is -0.342 e. The summed E-state index contributed by atoms with van der Waals surface area (Å²) in [7, 11) is 0. The zero-order valence-corrected chi connectivity index (χ0v) is 17.5. The van der Waals surface area contributed by atoms with Crippen molar-refractivity contribution in [3.05, 3.63) is 28.2 Å². The Labute approximate surface area is 166 Å². The molecule has 1 aromatic rings. The van der Waals surface area contributed by atoms with Gasteiger partial charge in [-0.25, -0.2) is 4.79 Å². The van der Waals surface area contributed by atoms with Crippen molar-refractivity contribution in [2.24, 2.45) is 11.3 Å². The average Bonchev–Trinajstić information content (AvgIpc) is 2.55. The summed E-state index contributed by atoms with van der Waals surface area (Å²) >= 11 is 0. The van der Waals surface area contributed by atoms with Crippen LogP contribution in [0.5, 0.6) is 0 Å². The molecular formula is C21H32N4O3. The van der Waals surface area contributed by atoms with Crippen molar-refractivity contribution >= 4 is 17.6 Å². The van der Waals surface area contributed by atoms with Gasteiger partial charge < -0.3 is 20.1 Å². The molecular weight excluding hydrogens is 356 g/mol. The highest BCUT2D eigenvalue weighted by atomic mass is 16.2. The third kappa shape index (κ3) is 4.56. The average molecular weight is 389 g/mol. The number of piperidine rings is 1. The topological polar surface area (TPSA) is 83.4 Å². The van der Waals surface area contributed by atoms with Crippen LogP contribution in [-0.4, -0.2) is 40.5 Å². The van der Waals surface area contributed by atoms with Gasteiger partial charge in [-0.1, -0.05) is 20.8 Å². The second kappa shape index (κ2) is 7.60. The van der Waals surface area contributed by atoms with Gasteiger partial charge in [-0.05, 0) is 43.7 Å². The number of rotatable bonds is 3. The number of nitrogens with one attached hydrogen (secondary N) is 2. The quantitative estimate of drug-likeness (QED) is 0.835. The lowest BCUT2D eigenvalue weighted by Crippen LogP contribution is -2.50. The monoisotopic (exact) mass is 388 g/mol. The van der Waals surface area contributed by atoms with Crippen LogP contribution in [0, 0.1) is 11.3 Å². The number of nitrogens with zero attached hydrogens (tertiary/aromatic N) is 2. The molecule has 3 rings (SSSR count). The Bertz CT molecular complexity index is 822. The van der Waals surface area contributed by atoms with E-state index < -0.39 is 0 Å². The standard InChI is InChI=1S/C21H32N4O3/c1-13(2)22-20(28)23-16-6-7-17-15-8-14(11-25(17)19(16)27)10-24(12-15)18(26)9-21(3,4)5/h6-7,13-15H,8-12H2,1-5H3,(H2,22,23,28)/t14-,15+/m0/s1. The molecule has 2 aliphatic heterocycles. The van der Waals surface area contributed by atoms with Crippen molar-refractivity contribution in [2.45, 2.75) is 66.0 Å². The van der Waals surface area contributed by atoms with Crippen molar-refractivity contribution in [3.8, 4) is 0 Å². The number of carbonyl (C=O) groups is 2. The summed E-state index contributed by atoms with van der Waals surface area (Å²) in [4.78, 5) is 39.5. The number of likely N-dealkylation sites (tertiary alicyclic amines) is 1. The van der Waals surface area contributed by atoms with Crippen LogP contribution >= 0.6 is 0 Å². The van der Waals surface area contributed by atoms with Crippen LogP contribution in [-0.2, 0) is 11.3 Å². The van der Waals surface area contributed by atoms with E-state index in [1.807, 2.05) is 24.8 Å². The molecule has 7 nitrogen and oxygen atoms in total. The fraction of sp³-hybridized carbons (Fsp3) is 0.667. The maximum Gasteiger partial charge on any atom is 0.319 e. The predicted molar refractivity (Wildman–Crippen MR) is 109 cm³/mol. The SMILES string of the molecule is CC(C)NC(=O)Nc1ccc2n(c1=O)C[C@H]1C[C@@H]2CN(C(=O)CC(C)(C)C)C1. The number of hydrogen-bond acceptors (Lipinski definition) is 3. The van der Waals surface area contributed by atoms with E-state index >= 15 is 0 Å².